The fraction of sp³-hybridized carbons (Fsp3) is 0.333. The highest BCUT2D eigenvalue weighted by atomic mass is 79.9. The van der Waals surface area contributed by atoms with E-state index >= 15 is 0 Å². The Morgan fingerprint density at radius 1 is 1.17 bits per heavy atom. The Balaban J connectivity index is 1.92. The Labute approximate surface area is 192 Å². The molecular formula is C21H25Br2N3O4. The van der Waals surface area contributed by atoms with Crippen LogP contribution in [0.4, 0.5) is 0 Å². The average molecular weight is 543 g/mol. The van der Waals surface area contributed by atoms with Gasteiger partial charge in [0.05, 0.1) is 22.7 Å². The third-order valence-electron chi connectivity index (χ3n) is 4.27. The maximum atomic E-state index is 12.4. The summed E-state index contributed by atoms with van der Waals surface area (Å²) in [5.41, 5.74) is 7.37. The number of hydrogen-bond donors (Lipinski definition) is 3. The number of methoxy groups -OCH3 is 1. The summed E-state index contributed by atoms with van der Waals surface area (Å²) in [6.45, 7) is 1.48. The Morgan fingerprint density at radius 3 is 2.40 bits per heavy atom. The molecule has 162 valence electrons. The highest BCUT2D eigenvalue weighted by Crippen LogP contribution is 2.35. The Morgan fingerprint density at radius 2 is 1.83 bits per heavy atom. The van der Waals surface area contributed by atoms with Gasteiger partial charge in [-0.05, 0) is 86.6 Å². The number of nitrogens with two attached hydrogens (primary N) is 1. The lowest BCUT2D eigenvalue weighted by Gasteiger charge is -2.12. The van der Waals surface area contributed by atoms with Crippen molar-refractivity contribution in [2.45, 2.75) is 19.3 Å². The molecule has 0 spiro atoms. The number of halogens is 2. The van der Waals surface area contributed by atoms with Crippen LogP contribution in [0.2, 0.25) is 0 Å². The number of ether oxygens (including phenoxy) is 2. The maximum Gasteiger partial charge on any atom is 0.269 e. The van der Waals surface area contributed by atoms with Crippen molar-refractivity contribution < 1.29 is 19.5 Å². The summed E-state index contributed by atoms with van der Waals surface area (Å²) >= 11 is 6.96. The fourth-order valence-electron chi connectivity index (χ4n) is 2.68. The first-order chi connectivity index (χ1) is 14.5. The molecule has 0 saturated heterocycles. The number of nitrogens with zero attached hydrogens (tertiary/aromatic N) is 1. The average Bonchev–Trinajstić information content (AvgIpc) is 2.74. The van der Waals surface area contributed by atoms with Gasteiger partial charge >= 0.3 is 0 Å². The number of carbonyl (C=O) groups excluding carboxylic acids is 1. The number of rotatable bonds is 11. The van der Waals surface area contributed by atoms with Gasteiger partial charge in [-0.3, -0.25) is 4.79 Å². The predicted molar refractivity (Wildman–Crippen MR) is 124 cm³/mol. The molecule has 0 atom stereocenters. The number of benzene rings is 2. The quantitative estimate of drug-likeness (QED) is 0.174. The van der Waals surface area contributed by atoms with Gasteiger partial charge in [0.15, 0.2) is 0 Å². The molecule has 0 heterocycles. The molecule has 0 saturated carbocycles. The summed E-state index contributed by atoms with van der Waals surface area (Å²) in [6, 6.07) is 11.3. The van der Waals surface area contributed by atoms with Crippen molar-refractivity contribution in [3.63, 3.8) is 0 Å². The van der Waals surface area contributed by atoms with E-state index in [0.717, 1.165) is 32.2 Å². The number of oxime groups is 1. The van der Waals surface area contributed by atoms with Crippen molar-refractivity contribution in [1.82, 2.24) is 5.32 Å². The predicted octanol–water partition coefficient (Wildman–Crippen LogP) is 3.68. The van der Waals surface area contributed by atoms with Gasteiger partial charge in [0.2, 0.25) is 0 Å². The zero-order valence-electron chi connectivity index (χ0n) is 16.7. The number of amides is 1. The highest BCUT2D eigenvalue weighted by molar-refractivity contribution is 9.11. The molecule has 0 aliphatic carbocycles. The normalized spacial score (nSPS) is 11.3. The second kappa shape index (κ2) is 12.6. The van der Waals surface area contributed by atoms with E-state index in [0.29, 0.717) is 31.9 Å². The number of nitrogens with one attached hydrogen (secondary N) is 1. The van der Waals surface area contributed by atoms with Gasteiger partial charge in [0.25, 0.3) is 5.91 Å². The van der Waals surface area contributed by atoms with Crippen LogP contribution in [-0.2, 0) is 17.6 Å². The summed E-state index contributed by atoms with van der Waals surface area (Å²) in [7, 11) is 1.62. The Hall–Kier alpha value is -2.10. The third-order valence-corrected chi connectivity index (χ3v) is 5.44. The van der Waals surface area contributed by atoms with E-state index in [1.54, 1.807) is 7.11 Å². The molecule has 2 aromatic rings. The second-order valence-electron chi connectivity index (χ2n) is 6.46. The van der Waals surface area contributed by atoms with E-state index in [2.05, 4.69) is 42.3 Å². The molecule has 9 heteroatoms. The van der Waals surface area contributed by atoms with Crippen LogP contribution in [0.5, 0.6) is 11.5 Å². The van der Waals surface area contributed by atoms with E-state index in [1.165, 1.54) is 0 Å². The molecule has 2 rings (SSSR count). The largest absolute Gasteiger partial charge is 0.497 e. The first-order valence-electron chi connectivity index (χ1n) is 9.41. The molecule has 0 aromatic heterocycles. The van der Waals surface area contributed by atoms with Gasteiger partial charge in [-0.15, -0.1) is 0 Å². The molecule has 1 amide bonds. The topological polar surface area (TPSA) is 106 Å². The molecule has 0 aliphatic rings. The minimum Gasteiger partial charge on any atom is -0.497 e. The maximum absolute atomic E-state index is 12.4. The Kier molecular flexibility index (Phi) is 10.1. The standard InChI is InChI=1S/C21H25Br2N3O4/c1-29-16-5-3-14(4-6-16)7-9-25-21(27)19(26-28)13-15-11-17(22)20(18(23)12-15)30-10-2-8-24/h3-6,11-12,28H,2,7-10,13,24H2,1H3,(H,25,27)/b26-19-. The van der Waals surface area contributed by atoms with E-state index in [9.17, 15) is 10.0 Å². The first-order valence-corrected chi connectivity index (χ1v) is 11.0. The lowest BCUT2D eigenvalue weighted by Crippen LogP contribution is -2.33. The van der Waals surface area contributed by atoms with Crippen LogP contribution in [0.1, 0.15) is 17.5 Å². The van der Waals surface area contributed by atoms with Gasteiger partial charge in [-0.1, -0.05) is 17.3 Å². The van der Waals surface area contributed by atoms with E-state index in [-0.39, 0.29) is 12.1 Å². The van der Waals surface area contributed by atoms with Crippen molar-refractivity contribution in [1.29, 1.82) is 0 Å². The van der Waals surface area contributed by atoms with Crippen LogP contribution < -0.4 is 20.5 Å². The summed E-state index contributed by atoms with van der Waals surface area (Å²) in [5, 5.41) is 15.3. The summed E-state index contributed by atoms with van der Waals surface area (Å²) in [5.74, 6) is 1.03. The third kappa shape index (κ3) is 7.30. The Bertz CT molecular complexity index is 850. The van der Waals surface area contributed by atoms with Crippen molar-refractivity contribution in [3.05, 3.63) is 56.5 Å². The summed E-state index contributed by atoms with van der Waals surface area (Å²) < 4.78 is 12.3. The van der Waals surface area contributed by atoms with Crippen LogP contribution in [0.3, 0.4) is 0 Å². The van der Waals surface area contributed by atoms with Crippen LogP contribution in [-0.4, -0.2) is 43.6 Å². The van der Waals surface area contributed by atoms with E-state index in [4.69, 9.17) is 15.2 Å². The van der Waals surface area contributed by atoms with E-state index < -0.39 is 5.91 Å². The molecule has 0 unspecified atom stereocenters. The van der Waals surface area contributed by atoms with Gasteiger partial charge in [0.1, 0.15) is 17.2 Å². The first kappa shape index (κ1) is 24.2. The van der Waals surface area contributed by atoms with Crippen molar-refractivity contribution >= 4 is 43.5 Å². The molecule has 4 N–H and O–H groups in total. The monoisotopic (exact) mass is 541 g/mol. The summed E-state index contributed by atoms with van der Waals surface area (Å²) in [6.07, 6.45) is 1.57. The van der Waals surface area contributed by atoms with Crippen LogP contribution in [0.15, 0.2) is 50.5 Å². The molecule has 2 aromatic carbocycles. The van der Waals surface area contributed by atoms with Crippen molar-refractivity contribution in [2.24, 2.45) is 10.9 Å². The van der Waals surface area contributed by atoms with Gasteiger partial charge in [-0.25, -0.2) is 0 Å². The molecule has 7 nitrogen and oxygen atoms in total. The van der Waals surface area contributed by atoms with Gasteiger partial charge in [-0.2, -0.15) is 0 Å². The fourth-order valence-corrected chi connectivity index (χ4v) is 4.19. The van der Waals surface area contributed by atoms with Gasteiger partial charge in [0, 0.05) is 13.0 Å². The van der Waals surface area contributed by atoms with Crippen LogP contribution >= 0.6 is 31.9 Å². The number of hydrogen-bond acceptors (Lipinski definition) is 6. The SMILES string of the molecule is COc1ccc(CCNC(=O)/C(Cc2cc(Br)c(OCCCN)c(Br)c2)=N\O)cc1. The smallest absolute Gasteiger partial charge is 0.269 e. The zero-order chi connectivity index (χ0) is 21.9. The van der Waals surface area contributed by atoms with Crippen molar-refractivity contribution in [3.8, 4) is 11.5 Å². The zero-order valence-corrected chi connectivity index (χ0v) is 19.8. The van der Waals surface area contributed by atoms with E-state index in [1.807, 2.05) is 36.4 Å². The van der Waals surface area contributed by atoms with Gasteiger partial charge < -0.3 is 25.7 Å². The van der Waals surface area contributed by atoms with Crippen LogP contribution in [0.25, 0.3) is 0 Å². The van der Waals surface area contributed by atoms with Crippen LogP contribution in [0, 0.1) is 0 Å². The molecule has 0 aliphatic heterocycles. The molecule has 0 radical (unpaired) electrons. The molecule has 0 bridgehead atoms. The minimum absolute atomic E-state index is 0.0281. The second-order valence-corrected chi connectivity index (χ2v) is 8.17. The highest BCUT2D eigenvalue weighted by Gasteiger charge is 2.16. The summed E-state index contributed by atoms with van der Waals surface area (Å²) in [4.78, 5) is 12.4. The minimum atomic E-state index is -0.415. The molecule has 30 heavy (non-hydrogen) atoms. The lowest BCUT2D eigenvalue weighted by atomic mass is 10.1. The van der Waals surface area contributed by atoms with Crippen molar-refractivity contribution in [2.75, 3.05) is 26.8 Å². The molecular weight excluding hydrogens is 518 g/mol. The lowest BCUT2D eigenvalue weighted by molar-refractivity contribution is -0.115. The molecule has 0 fully saturated rings. The number of carbonyl (C=O) groups is 1.